The van der Waals surface area contributed by atoms with Gasteiger partial charge in [0.15, 0.2) is 0 Å². The molecule has 1 saturated heterocycles. The number of carboxylic acid groups (broad SMARTS) is 1. The van der Waals surface area contributed by atoms with Crippen molar-refractivity contribution in [3.8, 4) is 16.9 Å². The van der Waals surface area contributed by atoms with Gasteiger partial charge >= 0.3 is 5.97 Å². The SMILES string of the molecule is Cc1ccc(-c2nn(-c3ccccc3)cc2CN(/C=C/C(=O)O)C[C@H]2CCCO2)cc1. The summed E-state index contributed by atoms with van der Waals surface area (Å²) in [5.74, 6) is -0.962. The van der Waals surface area contributed by atoms with Crippen molar-refractivity contribution < 1.29 is 14.6 Å². The van der Waals surface area contributed by atoms with Crippen LogP contribution < -0.4 is 0 Å². The number of rotatable bonds is 8. The highest BCUT2D eigenvalue weighted by Crippen LogP contribution is 2.26. The molecule has 0 spiro atoms. The number of hydrogen-bond donors (Lipinski definition) is 1. The van der Waals surface area contributed by atoms with Crippen LogP contribution >= 0.6 is 0 Å². The predicted octanol–water partition coefficient (Wildman–Crippen LogP) is 4.43. The van der Waals surface area contributed by atoms with Crippen LogP contribution in [0.25, 0.3) is 16.9 Å². The lowest BCUT2D eigenvalue weighted by Crippen LogP contribution is -2.28. The summed E-state index contributed by atoms with van der Waals surface area (Å²) in [6, 6.07) is 18.3. The third-order valence-electron chi connectivity index (χ3n) is 5.40. The molecule has 31 heavy (non-hydrogen) atoms. The maximum absolute atomic E-state index is 11.1. The minimum Gasteiger partial charge on any atom is -0.478 e. The highest BCUT2D eigenvalue weighted by molar-refractivity contribution is 5.79. The predicted molar refractivity (Wildman–Crippen MR) is 120 cm³/mol. The summed E-state index contributed by atoms with van der Waals surface area (Å²) < 4.78 is 7.67. The molecule has 0 unspecified atom stereocenters. The Hall–Kier alpha value is -3.38. The average Bonchev–Trinajstić information content (AvgIpc) is 3.43. The topological polar surface area (TPSA) is 67.6 Å². The van der Waals surface area contributed by atoms with E-state index < -0.39 is 5.97 Å². The molecule has 1 aromatic heterocycles. The second kappa shape index (κ2) is 9.62. The number of nitrogens with zero attached hydrogens (tertiary/aromatic N) is 3. The Balaban J connectivity index is 1.68. The van der Waals surface area contributed by atoms with Crippen molar-refractivity contribution in [1.29, 1.82) is 0 Å². The summed E-state index contributed by atoms with van der Waals surface area (Å²) in [5, 5.41) is 14.0. The smallest absolute Gasteiger partial charge is 0.329 e. The minimum absolute atomic E-state index is 0.116. The van der Waals surface area contributed by atoms with Gasteiger partial charge in [0.05, 0.1) is 17.5 Å². The van der Waals surface area contributed by atoms with Crippen LogP contribution in [-0.4, -0.2) is 45.0 Å². The van der Waals surface area contributed by atoms with Crippen molar-refractivity contribution in [2.45, 2.75) is 32.4 Å². The molecule has 2 heterocycles. The van der Waals surface area contributed by atoms with Crippen LogP contribution in [0.15, 0.2) is 73.1 Å². The summed E-state index contributed by atoms with van der Waals surface area (Å²) in [6.45, 7) is 4.02. The molecular formula is C25H27N3O3. The highest BCUT2D eigenvalue weighted by atomic mass is 16.5. The zero-order valence-corrected chi connectivity index (χ0v) is 17.6. The lowest BCUT2D eigenvalue weighted by molar-refractivity contribution is -0.131. The van der Waals surface area contributed by atoms with Gasteiger partial charge in [-0.1, -0.05) is 48.0 Å². The molecular weight excluding hydrogens is 390 g/mol. The van der Waals surface area contributed by atoms with Crippen LogP contribution in [0, 0.1) is 6.92 Å². The van der Waals surface area contributed by atoms with Gasteiger partial charge in [-0.25, -0.2) is 9.48 Å². The van der Waals surface area contributed by atoms with Crippen LogP contribution in [0.5, 0.6) is 0 Å². The van der Waals surface area contributed by atoms with Gasteiger partial charge in [-0.3, -0.25) is 0 Å². The highest BCUT2D eigenvalue weighted by Gasteiger charge is 2.20. The zero-order valence-electron chi connectivity index (χ0n) is 17.6. The van der Waals surface area contributed by atoms with Gasteiger partial charge in [0.2, 0.25) is 0 Å². The number of benzene rings is 2. The van der Waals surface area contributed by atoms with E-state index in [4.69, 9.17) is 14.9 Å². The van der Waals surface area contributed by atoms with E-state index in [1.807, 2.05) is 46.1 Å². The number of hydrogen-bond acceptors (Lipinski definition) is 4. The van der Waals surface area contributed by atoms with Gasteiger partial charge in [0.1, 0.15) is 0 Å². The Labute approximate surface area is 182 Å². The summed E-state index contributed by atoms with van der Waals surface area (Å²) in [5.41, 5.74) is 5.13. The molecule has 3 aromatic rings. The van der Waals surface area contributed by atoms with E-state index in [-0.39, 0.29) is 6.10 Å². The Kier molecular flexibility index (Phi) is 6.48. The summed E-state index contributed by atoms with van der Waals surface area (Å²) in [6.07, 6.45) is 7.00. The fourth-order valence-corrected chi connectivity index (χ4v) is 3.81. The zero-order chi connectivity index (χ0) is 21.6. The van der Waals surface area contributed by atoms with Gasteiger partial charge < -0.3 is 14.7 Å². The number of ether oxygens (including phenoxy) is 1. The first-order valence-electron chi connectivity index (χ1n) is 10.6. The van der Waals surface area contributed by atoms with E-state index in [0.717, 1.165) is 42.0 Å². The molecule has 1 atom stereocenters. The summed E-state index contributed by atoms with van der Waals surface area (Å²) >= 11 is 0. The normalized spacial score (nSPS) is 16.1. The molecule has 1 N–H and O–H groups in total. The van der Waals surface area contributed by atoms with Gasteiger partial charge in [0.25, 0.3) is 0 Å². The number of aliphatic carboxylic acids is 1. The maximum atomic E-state index is 11.1. The van der Waals surface area contributed by atoms with Crippen LogP contribution in [-0.2, 0) is 16.1 Å². The lowest BCUT2D eigenvalue weighted by atomic mass is 10.1. The molecule has 0 aliphatic carbocycles. The Morgan fingerprint density at radius 3 is 2.68 bits per heavy atom. The second-order valence-electron chi connectivity index (χ2n) is 7.87. The summed E-state index contributed by atoms with van der Waals surface area (Å²) in [4.78, 5) is 13.1. The minimum atomic E-state index is -0.962. The fraction of sp³-hybridized carbons (Fsp3) is 0.280. The molecule has 1 aliphatic rings. The number of para-hydroxylation sites is 1. The Bertz CT molecular complexity index is 1040. The van der Waals surface area contributed by atoms with Crippen LogP contribution in [0.1, 0.15) is 24.0 Å². The first-order chi connectivity index (χ1) is 15.1. The van der Waals surface area contributed by atoms with Crippen LogP contribution in [0.4, 0.5) is 0 Å². The monoisotopic (exact) mass is 417 g/mol. The Morgan fingerprint density at radius 2 is 2.00 bits per heavy atom. The van der Waals surface area contributed by atoms with E-state index in [1.165, 1.54) is 11.6 Å². The molecule has 0 saturated carbocycles. The van der Waals surface area contributed by atoms with E-state index in [9.17, 15) is 4.79 Å². The molecule has 160 valence electrons. The molecule has 6 heteroatoms. The third kappa shape index (κ3) is 5.41. The average molecular weight is 418 g/mol. The molecule has 2 aromatic carbocycles. The van der Waals surface area contributed by atoms with Gasteiger partial charge in [0, 0.05) is 49.3 Å². The van der Waals surface area contributed by atoms with Crippen LogP contribution in [0.2, 0.25) is 0 Å². The van der Waals surface area contributed by atoms with E-state index in [0.29, 0.717) is 13.1 Å². The number of carbonyl (C=O) groups is 1. The molecule has 0 bridgehead atoms. The molecule has 1 fully saturated rings. The van der Waals surface area contributed by atoms with Crippen molar-refractivity contribution in [2.24, 2.45) is 0 Å². The molecule has 4 rings (SSSR count). The quantitative estimate of drug-likeness (QED) is 0.549. The van der Waals surface area contributed by atoms with E-state index in [2.05, 4.69) is 31.2 Å². The Morgan fingerprint density at radius 1 is 1.23 bits per heavy atom. The first kappa shape index (κ1) is 20.9. The van der Waals surface area contributed by atoms with Crippen LogP contribution in [0.3, 0.4) is 0 Å². The molecule has 6 nitrogen and oxygen atoms in total. The maximum Gasteiger partial charge on any atom is 0.329 e. The second-order valence-corrected chi connectivity index (χ2v) is 7.87. The molecule has 0 amide bonds. The van der Waals surface area contributed by atoms with E-state index >= 15 is 0 Å². The summed E-state index contributed by atoms with van der Waals surface area (Å²) in [7, 11) is 0. The van der Waals surface area contributed by atoms with Gasteiger partial charge in [-0.05, 0) is 31.9 Å². The fourth-order valence-electron chi connectivity index (χ4n) is 3.81. The molecule has 0 radical (unpaired) electrons. The van der Waals surface area contributed by atoms with Crippen molar-refractivity contribution in [3.05, 3.63) is 84.2 Å². The van der Waals surface area contributed by atoms with Crippen molar-refractivity contribution in [3.63, 3.8) is 0 Å². The van der Waals surface area contributed by atoms with Crippen molar-refractivity contribution in [1.82, 2.24) is 14.7 Å². The first-order valence-corrected chi connectivity index (χ1v) is 10.6. The lowest BCUT2D eigenvalue weighted by Gasteiger charge is -2.23. The number of carboxylic acids is 1. The standard InChI is InChI=1S/C25H27N3O3/c1-19-9-11-20(12-10-19)25-21(17-28(26-25)22-6-3-2-4-7-22)16-27(14-13-24(29)30)18-23-8-5-15-31-23/h2-4,6-7,9-14,17,23H,5,8,15-16,18H2,1H3,(H,29,30)/b14-13+/t23-/m1/s1. The van der Waals surface area contributed by atoms with Gasteiger partial charge in [-0.15, -0.1) is 0 Å². The molecule has 1 aliphatic heterocycles. The van der Waals surface area contributed by atoms with E-state index in [1.54, 1.807) is 6.20 Å². The number of aryl methyl sites for hydroxylation is 1. The van der Waals surface area contributed by atoms with Crippen molar-refractivity contribution >= 4 is 5.97 Å². The number of aromatic nitrogens is 2. The largest absolute Gasteiger partial charge is 0.478 e. The van der Waals surface area contributed by atoms with Gasteiger partial charge in [-0.2, -0.15) is 5.10 Å². The third-order valence-corrected chi connectivity index (χ3v) is 5.40. The van der Waals surface area contributed by atoms with Crippen molar-refractivity contribution in [2.75, 3.05) is 13.2 Å².